The Hall–Kier alpha value is -1.42. The molecule has 2 atom stereocenters. The van der Waals surface area contributed by atoms with Gasteiger partial charge >= 0.3 is 0 Å². The Bertz CT molecular complexity index is 447. The molecule has 4 heteroatoms. The Kier molecular flexibility index (Phi) is 3.97. The number of rotatable bonds is 3. The molecule has 1 fully saturated rings. The van der Waals surface area contributed by atoms with Crippen molar-refractivity contribution in [3.63, 3.8) is 0 Å². The van der Waals surface area contributed by atoms with E-state index in [2.05, 4.69) is 5.32 Å². The zero-order chi connectivity index (χ0) is 13.1. The first kappa shape index (κ1) is 13.0. The molecule has 0 aliphatic heterocycles. The Labute approximate surface area is 106 Å². The molecule has 1 aromatic carbocycles. The van der Waals surface area contributed by atoms with E-state index >= 15 is 0 Å². The maximum Gasteiger partial charge on any atom is 0.251 e. The fourth-order valence-corrected chi connectivity index (χ4v) is 2.57. The molecule has 0 heterocycles. The molecule has 98 valence electrons. The summed E-state index contributed by atoms with van der Waals surface area (Å²) in [5.74, 6) is -0.370. The molecule has 18 heavy (non-hydrogen) atoms. The largest absolute Gasteiger partial charge is 0.396 e. The number of hydrogen-bond donors (Lipinski definition) is 2. The summed E-state index contributed by atoms with van der Waals surface area (Å²) >= 11 is 0. The standard InChI is InChI=1S/C14H18FNO2/c1-9-7-11(15)5-6-12(9)14(18)16-13-4-2-3-10(13)8-17/h5-7,10,13,17H,2-4,8H2,1H3,(H,16,18). The van der Waals surface area contributed by atoms with Gasteiger partial charge in [-0.25, -0.2) is 4.39 Å². The van der Waals surface area contributed by atoms with E-state index in [4.69, 9.17) is 0 Å². The predicted octanol–water partition coefficient (Wildman–Crippen LogP) is 2.02. The third kappa shape index (κ3) is 2.70. The van der Waals surface area contributed by atoms with Gasteiger partial charge < -0.3 is 10.4 Å². The highest BCUT2D eigenvalue weighted by Crippen LogP contribution is 2.25. The normalized spacial score (nSPS) is 23.1. The number of aliphatic hydroxyl groups excluding tert-OH is 1. The van der Waals surface area contributed by atoms with Gasteiger partial charge in [0.15, 0.2) is 0 Å². The van der Waals surface area contributed by atoms with E-state index in [1.165, 1.54) is 18.2 Å². The summed E-state index contributed by atoms with van der Waals surface area (Å²) < 4.78 is 13.0. The van der Waals surface area contributed by atoms with Crippen LogP contribution in [0.25, 0.3) is 0 Å². The van der Waals surface area contributed by atoms with Gasteiger partial charge in [-0.3, -0.25) is 4.79 Å². The van der Waals surface area contributed by atoms with Crippen molar-refractivity contribution in [1.82, 2.24) is 5.32 Å². The predicted molar refractivity (Wildman–Crippen MR) is 66.8 cm³/mol. The molecule has 0 saturated heterocycles. The smallest absolute Gasteiger partial charge is 0.251 e. The van der Waals surface area contributed by atoms with Gasteiger partial charge in [-0.1, -0.05) is 6.42 Å². The van der Waals surface area contributed by atoms with Crippen molar-refractivity contribution in [2.45, 2.75) is 32.2 Å². The van der Waals surface area contributed by atoms with Gasteiger partial charge in [0.05, 0.1) is 0 Å². The third-order valence-corrected chi connectivity index (χ3v) is 3.64. The number of hydrogen-bond acceptors (Lipinski definition) is 2. The lowest BCUT2D eigenvalue weighted by Gasteiger charge is -2.19. The second-order valence-corrected chi connectivity index (χ2v) is 4.91. The lowest BCUT2D eigenvalue weighted by Crippen LogP contribution is -2.38. The molecule has 2 unspecified atom stereocenters. The van der Waals surface area contributed by atoms with Gasteiger partial charge in [0.2, 0.25) is 0 Å². The number of halogens is 1. The van der Waals surface area contributed by atoms with Crippen LogP contribution < -0.4 is 5.32 Å². The van der Waals surface area contributed by atoms with Crippen LogP contribution in [-0.4, -0.2) is 23.7 Å². The summed E-state index contributed by atoms with van der Waals surface area (Å²) in [4.78, 5) is 12.1. The van der Waals surface area contributed by atoms with Crippen molar-refractivity contribution in [2.24, 2.45) is 5.92 Å². The highest BCUT2D eigenvalue weighted by molar-refractivity contribution is 5.95. The second-order valence-electron chi connectivity index (χ2n) is 4.91. The Balaban J connectivity index is 2.07. The summed E-state index contributed by atoms with van der Waals surface area (Å²) in [5.41, 5.74) is 1.13. The Morgan fingerprint density at radius 1 is 1.50 bits per heavy atom. The molecule has 1 aromatic rings. The molecule has 2 rings (SSSR count). The van der Waals surface area contributed by atoms with Crippen molar-refractivity contribution < 1.29 is 14.3 Å². The van der Waals surface area contributed by atoms with Crippen LogP contribution in [0.4, 0.5) is 4.39 Å². The SMILES string of the molecule is Cc1cc(F)ccc1C(=O)NC1CCCC1CO. The number of carbonyl (C=O) groups excluding carboxylic acids is 1. The first-order valence-corrected chi connectivity index (χ1v) is 6.29. The van der Waals surface area contributed by atoms with Gasteiger partial charge in [0.25, 0.3) is 5.91 Å². The number of aryl methyl sites for hydroxylation is 1. The van der Waals surface area contributed by atoms with Gasteiger partial charge in [-0.05, 0) is 43.5 Å². The van der Waals surface area contributed by atoms with E-state index in [9.17, 15) is 14.3 Å². The van der Waals surface area contributed by atoms with E-state index in [-0.39, 0.29) is 30.3 Å². The van der Waals surface area contributed by atoms with Crippen LogP contribution in [-0.2, 0) is 0 Å². The first-order chi connectivity index (χ1) is 8.61. The monoisotopic (exact) mass is 251 g/mol. The molecule has 0 bridgehead atoms. The van der Waals surface area contributed by atoms with E-state index in [1.807, 2.05) is 0 Å². The summed E-state index contributed by atoms with van der Waals surface area (Å²) in [5, 5.41) is 12.1. The number of aliphatic hydroxyl groups is 1. The minimum Gasteiger partial charge on any atom is -0.396 e. The van der Waals surface area contributed by atoms with Gasteiger partial charge in [-0.15, -0.1) is 0 Å². The van der Waals surface area contributed by atoms with Crippen LogP contribution in [0, 0.1) is 18.7 Å². The zero-order valence-electron chi connectivity index (χ0n) is 10.4. The molecular weight excluding hydrogens is 233 g/mol. The fraction of sp³-hybridized carbons (Fsp3) is 0.500. The molecule has 3 nitrogen and oxygen atoms in total. The van der Waals surface area contributed by atoms with Crippen LogP contribution in [0.1, 0.15) is 35.2 Å². The summed E-state index contributed by atoms with van der Waals surface area (Å²) in [6, 6.07) is 4.18. The quantitative estimate of drug-likeness (QED) is 0.863. The summed E-state index contributed by atoms with van der Waals surface area (Å²) in [6.07, 6.45) is 2.87. The van der Waals surface area contributed by atoms with Crippen molar-refractivity contribution in [3.05, 3.63) is 35.1 Å². The molecule has 1 aliphatic carbocycles. The molecule has 1 amide bonds. The van der Waals surface area contributed by atoms with E-state index < -0.39 is 0 Å². The van der Waals surface area contributed by atoms with Crippen molar-refractivity contribution in [3.8, 4) is 0 Å². The molecule has 2 N–H and O–H groups in total. The van der Waals surface area contributed by atoms with Crippen molar-refractivity contribution in [2.75, 3.05) is 6.61 Å². The van der Waals surface area contributed by atoms with Crippen LogP contribution in [0.3, 0.4) is 0 Å². The average Bonchev–Trinajstić information content (AvgIpc) is 2.76. The Morgan fingerprint density at radius 3 is 2.94 bits per heavy atom. The number of benzene rings is 1. The van der Waals surface area contributed by atoms with Gasteiger partial charge in [0, 0.05) is 24.1 Å². The minimum absolute atomic E-state index is 0.0342. The summed E-state index contributed by atoms with van der Waals surface area (Å²) in [7, 11) is 0. The molecule has 0 radical (unpaired) electrons. The van der Waals surface area contributed by atoms with E-state index in [0.717, 1.165) is 19.3 Å². The van der Waals surface area contributed by atoms with E-state index in [0.29, 0.717) is 11.1 Å². The number of amides is 1. The number of nitrogens with one attached hydrogen (secondary N) is 1. The highest BCUT2D eigenvalue weighted by atomic mass is 19.1. The average molecular weight is 251 g/mol. The maximum absolute atomic E-state index is 13.0. The van der Waals surface area contributed by atoms with Gasteiger partial charge in [-0.2, -0.15) is 0 Å². The zero-order valence-corrected chi connectivity index (χ0v) is 10.4. The molecule has 1 saturated carbocycles. The molecule has 1 aliphatic rings. The van der Waals surface area contributed by atoms with Crippen LogP contribution >= 0.6 is 0 Å². The third-order valence-electron chi connectivity index (χ3n) is 3.64. The highest BCUT2D eigenvalue weighted by Gasteiger charge is 2.28. The van der Waals surface area contributed by atoms with Crippen molar-refractivity contribution >= 4 is 5.91 Å². The summed E-state index contributed by atoms with van der Waals surface area (Å²) in [6.45, 7) is 1.82. The van der Waals surface area contributed by atoms with Crippen LogP contribution in [0.5, 0.6) is 0 Å². The topological polar surface area (TPSA) is 49.3 Å². The Morgan fingerprint density at radius 2 is 2.28 bits per heavy atom. The van der Waals surface area contributed by atoms with E-state index in [1.54, 1.807) is 6.92 Å². The molecule has 0 spiro atoms. The maximum atomic E-state index is 13.0. The minimum atomic E-state index is -0.335. The fourth-order valence-electron chi connectivity index (χ4n) is 2.57. The second kappa shape index (κ2) is 5.48. The molecular formula is C14H18FNO2. The van der Waals surface area contributed by atoms with Gasteiger partial charge in [0.1, 0.15) is 5.82 Å². The van der Waals surface area contributed by atoms with Crippen molar-refractivity contribution in [1.29, 1.82) is 0 Å². The lowest BCUT2D eigenvalue weighted by atomic mass is 10.0. The van der Waals surface area contributed by atoms with Crippen LogP contribution in [0.15, 0.2) is 18.2 Å². The lowest BCUT2D eigenvalue weighted by molar-refractivity contribution is 0.0915. The first-order valence-electron chi connectivity index (χ1n) is 6.29. The van der Waals surface area contributed by atoms with Crippen LogP contribution in [0.2, 0.25) is 0 Å². The number of carbonyl (C=O) groups is 1. The molecule has 0 aromatic heterocycles.